The van der Waals surface area contributed by atoms with Crippen LogP contribution in [0.4, 0.5) is 5.69 Å². The van der Waals surface area contributed by atoms with Crippen molar-refractivity contribution >= 4 is 18.0 Å². The van der Waals surface area contributed by atoms with Crippen LogP contribution in [-0.4, -0.2) is 6.21 Å². The van der Waals surface area contributed by atoms with E-state index in [-0.39, 0.29) is 0 Å². The Morgan fingerprint density at radius 2 is 1.18 bits per heavy atom. The third-order valence-corrected chi connectivity index (χ3v) is 3.37. The Bertz CT molecular complexity index is 754. The minimum Gasteiger partial charge on any atom is -0.257 e. The Kier molecular flexibility index (Phi) is 4.58. The number of para-hydroxylation sites is 1. The molecule has 0 aliphatic rings. The molecule has 0 heterocycles. The van der Waals surface area contributed by atoms with Gasteiger partial charge >= 0.3 is 0 Å². The molecule has 0 saturated carbocycles. The van der Waals surface area contributed by atoms with E-state index in [1.54, 1.807) is 0 Å². The van der Waals surface area contributed by atoms with Crippen molar-refractivity contribution in [1.29, 1.82) is 0 Å². The van der Waals surface area contributed by atoms with Crippen molar-refractivity contribution in [3.05, 3.63) is 96.6 Å². The summed E-state index contributed by atoms with van der Waals surface area (Å²) in [4.78, 5) is 4.37. The lowest BCUT2D eigenvalue weighted by Crippen LogP contribution is -1.77. The number of benzene rings is 3. The molecular formula is C21H17N. The van der Waals surface area contributed by atoms with Gasteiger partial charge in [0.15, 0.2) is 0 Å². The number of allylic oxidation sites excluding steroid dienone is 1. The van der Waals surface area contributed by atoms with Crippen LogP contribution < -0.4 is 0 Å². The molecule has 3 aromatic rings. The molecule has 3 rings (SSSR count). The summed E-state index contributed by atoms with van der Waals surface area (Å²) in [5, 5.41) is 0. The van der Waals surface area contributed by atoms with Crippen LogP contribution in [0.25, 0.3) is 17.2 Å². The molecule has 1 nitrogen and oxygen atoms in total. The van der Waals surface area contributed by atoms with Gasteiger partial charge in [-0.2, -0.15) is 0 Å². The summed E-state index contributed by atoms with van der Waals surface area (Å²) in [6.45, 7) is 0. The average Bonchev–Trinajstić information content (AvgIpc) is 2.61. The van der Waals surface area contributed by atoms with Gasteiger partial charge in [0, 0.05) is 6.21 Å². The summed E-state index contributed by atoms with van der Waals surface area (Å²) >= 11 is 0. The lowest BCUT2D eigenvalue weighted by molar-refractivity contribution is 1.54. The van der Waals surface area contributed by atoms with E-state index in [0.717, 1.165) is 5.69 Å². The van der Waals surface area contributed by atoms with Gasteiger partial charge in [-0.25, -0.2) is 0 Å². The maximum Gasteiger partial charge on any atom is 0.0629 e. The summed E-state index contributed by atoms with van der Waals surface area (Å²) in [6.07, 6.45) is 5.84. The second-order valence-electron chi connectivity index (χ2n) is 4.96. The van der Waals surface area contributed by atoms with Gasteiger partial charge < -0.3 is 0 Å². The molecule has 0 bridgehead atoms. The van der Waals surface area contributed by atoms with Crippen molar-refractivity contribution in [2.45, 2.75) is 0 Å². The van der Waals surface area contributed by atoms with Crippen molar-refractivity contribution in [3.63, 3.8) is 0 Å². The van der Waals surface area contributed by atoms with E-state index < -0.39 is 0 Å². The topological polar surface area (TPSA) is 12.4 Å². The zero-order valence-corrected chi connectivity index (χ0v) is 12.3. The number of hydrogen-bond acceptors (Lipinski definition) is 1. The summed E-state index contributed by atoms with van der Waals surface area (Å²) in [6, 6.07) is 28.9. The third kappa shape index (κ3) is 3.80. The maximum absolute atomic E-state index is 4.37. The van der Waals surface area contributed by atoms with Crippen LogP contribution in [0.5, 0.6) is 0 Å². The van der Waals surface area contributed by atoms with Gasteiger partial charge in [-0.3, -0.25) is 4.99 Å². The zero-order valence-electron chi connectivity index (χ0n) is 12.3. The van der Waals surface area contributed by atoms with Crippen molar-refractivity contribution < 1.29 is 0 Å². The van der Waals surface area contributed by atoms with Crippen molar-refractivity contribution in [2.24, 2.45) is 4.99 Å². The lowest BCUT2D eigenvalue weighted by atomic mass is 10.0. The second-order valence-corrected chi connectivity index (χ2v) is 4.96. The van der Waals surface area contributed by atoms with Gasteiger partial charge in [-0.1, -0.05) is 78.9 Å². The Labute approximate surface area is 131 Å². The van der Waals surface area contributed by atoms with Gasteiger partial charge in [-0.05, 0) is 34.9 Å². The molecule has 3 aromatic carbocycles. The van der Waals surface area contributed by atoms with Gasteiger partial charge in [-0.15, -0.1) is 0 Å². The molecule has 0 aliphatic heterocycles. The Morgan fingerprint density at radius 3 is 1.86 bits per heavy atom. The molecule has 0 aromatic heterocycles. The highest BCUT2D eigenvalue weighted by atomic mass is 14.7. The van der Waals surface area contributed by atoms with Crippen LogP contribution in [-0.2, 0) is 0 Å². The fourth-order valence-corrected chi connectivity index (χ4v) is 2.21. The van der Waals surface area contributed by atoms with Crippen LogP contribution >= 0.6 is 0 Å². The lowest BCUT2D eigenvalue weighted by Gasteiger charge is -2.01. The molecule has 22 heavy (non-hydrogen) atoms. The molecule has 0 atom stereocenters. The minimum absolute atomic E-state index is 0.964. The van der Waals surface area contributed by atoms with Gasteiger partial charge in [0.2, 0.25) is 0 Å². The predicted octanol–water partition coefficient (Wildman–Crippen LogP) is 5.77. The summed E-state index contributed by atoms with van der Waals surface area (Å²) < 4.78 is 0. The number of hydrogen-bond donors (Lipinski definition) is 0. The van der Waals surface area contributed by atoms with Crippen molar-refractivity contribution in [2.75, 3.05) is 0 Å². The van der Waals surface area contributed by atoms with E-state index in [2.05, 4.69) is 59.6 Å². The molecule has 0 fully saturated rings. The molecule has 1 heteroatoms. The molecule has 0 spiro atoms. The van der Waals surface area contributed by atoms with Crippen LogP contribution in [0.3, 0.4) is 0 Å². The summed E-state index contributed by atoms with van der Waals surface area (Å²) in [5.74, 6) is 0. The van der Waals surface area contributed by atoms with E-state index in [9.17, 15) is 0 Å². The zero-order chi connectivity index (χ0) is 15.0. The third-order valence-electron chi connectivity index (χ3n) is 3.37. The number of nitrogens with zero attached hydrogens (tertiary/aromatic N) is 1. The molecule has 106 valence electrons. The monoisotopic (exact) mass is 283 g/mol. The van der Waals surface area contributed by atoms with E-state index in [1.807, 2.05) is 48.7 Å². The number of rotatable bonds is 4. The largest absolute Gasteiger partial charge is 0.257 e. The minimum atomic E-state index is 0.964. The van der Waals surface area contributed by atoms with Crippen LogP contribution in [0, 0.1) is 0 Å². The Balaban J connectivity index is 1.66. The average molecular weight is 283 g/mol. The molecule has 0 amide bonds. The van der Waals surface area contributed by atoms with Crippen LogP contribution in [0.15, 0.2) is 96.0 Å². The quantitative estimate of drug-likeness (QED) is 0.539. The molecule has 0 N–H and O–H groups in total. The highest BCUT2D eigenvalue weighted by Crippen LogP contribution is 2.19. The Morgan fingerprint density at radius 1 is 0.591 bits per heavy atom. The molecule has 0 radical (unpaired) electrons. The first-order valence-corrected chi connectivity index (χ1v) is 7.33. The predicted molar refractivity (Wildman–Crippen MR) is 95.5 cm³/mol. The number of aliphatic imine (C=N–C) groups is 1. The van der Waals surface area contributed by atoms with E-state index in [1.165, 1.54) is 16.7 Å². The van der Waals surface area contributed by atoms with Crippen molar-refractivity contribution in [1.82, 2.24) is 0 Å². The highest BCUT2D eigenvalue weighted by molar-refractivity contribution is 5.80. The smallest absolute Gasteiger partial charge is 0.0629 e. The van der Waals surface area contributed by atoms with E-state index in [4.69, 9.17) is 0 Å². The fourth-order valence-electron chi connectivity index (χ4n) is 2.21. The van der Waals surface area contributed by atoms with Gasteiger partial charge in [0.25, 0.3) is 0 Å². The first-order chi connectivity index (χ1) is 10.9. The molecular weight excluding hydrogens is 266 g/mol. The first kappa shape index (κ1) is 14.0. The van der Waals surface area contributed by atoms with E-state index >= 15 is 0 Å². The molecule has 0 saturated heterocycles. The fraction of sp³-hybridized carbons (Fsp3) is 0. The molecule has 0 unspecified atom stereocenters. The first-order valence-electron chi connectivity index (χ1n) is 7.33. The van der Waals surface area contributed by atoms with E-state index in [0.29, 0.717) is 0 Å². The standard InChI is InChI=1S/C21H17N/c1-3-9-19(10-4-1)20-15-13-18(14-16-20)8-7-17-22-21-11-5-2-6-12-21/h1-17H/b8-7+,22-17?. The summed E-state index contributed by atoms with van der Waals surface area (Å²) in [5.41, 5.74) is 4.60. The SMILES string of the molecule is C(/C=C/c1ccc(-c2ccccc2)cc1)=Nc1ccccc1. The highest BCUT2D eigenvalue weighted by Gasteiger charge is 1.95. The van der Waals surface area contributed by atoms with Crippen LogP contribution in [0.2, 0.25) is 0 Å². The van der Waals surface area contributed by atoms with Crippen molar-refractivity contribution in [3.8, 4) is 11.1 Å². The van der Waals surface area contributed by atoms with Gasteiger partial charge in [0.1, 0.15) is 0 Å². The molecule has 0 aliphatic carbocycles. The normalized spacial score (nSPS) is 11.3. The maximum atomic E-state index is 4.37. The Hall–Kier alpha value is -2.93. The summed E-state index contributed by atoms with van der Waals surface area (Å²) in [7, 11) is 0. The van der Waals surface area contributed by atoms with Crippen LogP contribution in [0.1, 0.15) is 5.56 Å². The van der Waals surface area contributed by atoms with Gasteiger partial charge in [0.05, 0.1) is 5.69 Å². The second kappa shape index (κ2) is 7.19.